The van der Waals surface area contributed by atoms with Crippen molar-refractivity contribution in [3.8, 4) is 28.1 Å². The Labute approximate surface area is 233 Å². The number of carbonyl (C=O) groups is 1. The van der Waals surface area contributed by atoms with Gasteiger partial charge in [0.25, 0.3) is 5.56 Å². The maximum atomic E-state index is 13.8. The number of fused-ring (bicyclic) bond motifs is 2. The highest BCUT2D eigenvalue weighted by Gasteiger charge is 2.30. The van der Waals surface area contributed by atoms with E-state index in [9.17, 15) is 9.59 Å². The lowest BCUT2D eigenvalue weighted by Gasteiger charge is -2.29. The summed E-state index contributed by atoms with van der Waals surface area (Å²) in [4.78, 5) is 26.2. The molecule has 0 radical (unpaired) electrons. The molecule has 39 heavy (non-hydrogen) atoms. The van der Waals surface area contributed by atoms with Gasteiger partial charge in [-0.25, -0.2) is 0 Å². The number of halogens is 1. The van der Waals surface area contributed by atoms with E-state index in [0.717, 1.165) is 43.1 Å². The van der Waals surface area contributed by atoms with E-state index in [1.54, 1.807) is 7.05 Å². The number of aromatic nitrogens is 2. The molecule has 206 valence electrons. The number of hydrogen-bond acceptors (Lipinski definition) is 5. The van der Waals surface area contributed by atoms with Gasteiger partial charge in [-0.1, -0.05) is 35.9 Å². The minimum atomic E-state index is -0.974. The molecule has 2 aromatic heterocycles. The van der Waals surface area contributed by atoms with Crippen molar-refractivity contribution in [1.29, 1.82) is 0 Å². The second-order valence-corrected chi connectivity index (χ2v) is 10.9. The van der Waals surface area contributed by atoms with Gasteiger partial charge in [-0.05, 0) is 68.3 Å². The first-order valence-electron chi connectivity index (χ1n) is 12.9. The molecule has 0 fully saturated rings. The van der Waals surface area contributed by atoms with Crippen LogP contribution in [-0.2, 0) is 30.0 Å². The number of carbonyl (C=O) groups excluding carboxylic acids is 1. The van der Waals surface area contributed by atoms with Crippen LogP contribution in [0.3, 0.4) is 0 Å². The van der Waals surface area contributed by atoms with Crippen LogP contribution in [0.4, 0.5) is 0 Å². The Kier molecular flexibility index (Phi) is 8.35. The van der Waals surface area contributed by atoms with Gasteiger partial charge in [-0.3, -0.25) is 4.79 Å². The normalized spacial score (nSPS) is 13.7. The molecule has 0 aliphatic carbocycles. The standard InChI is InChI=1S/C30H31ClN2O4.CH4O/c1-30(2,3)37-24(17-34)27-25(21-13-10-18-8-7-15-36-28(18)26(21)31)20-12-11-19(23-9-6-14-32(23)4)16-22(20)29(35)33(27)5;1-2/h6,9-14,16-17,24H,7-8,15H2,1-5H3;2H,1H3/t24-;/m0./s1. The van der Waals surface area contributed by atoms with E-state index in [1.807, 2.05) is 81.0 Å². The van der Waals surface area contributed by atoms with Gasteiger partial charge >= 0.3 is 0 Å². The number of nitrogens with zero attached hydrogens (tertiary/aromatic N) is 2. The molecule has 0 saturated carbocycles. The first kappa shape index (κ1) is 28.6. The first-order valence-corrected chi connectivity index (χ1v) is 13.3. The summed E-state index contributed by atoms with van der Waals surface area (Å²) < 4.78 is 15.7. The molecule has 0 unspecified atom stereocenters. The van der Waals surface area contributed by atoms with Gasteiger partial charge < -0.3 is 28.5 Å². The lowest BCUT2D eigenvalue weighted by atomic mass is 9.91. The minimum absolute atomic E-state index is 0.209. The number of aliphatic hydroxyl groups excluding tert-OH is 1. The Bertz CT molecular complexity index is 1580. The highest BCUT2D eigenvalue weighted by Crippen LogP contribution is 2.45. The Morgan fingerprint density at radius 2 is 1.85 bits per heavy atom. The second-order valence-electron chi connectivity index (χ2n) is 10.5. The van der Waals surface area contributed by atoms with Crippen LogP contribution in [0.2, 0.25) is 5.02 Å². The second kappa shape index (κ2) is 11.4. The highest BCUT2D eigenvalue weighted by atomic mass is 35.5. The van der Waals surface area contributed by atoms with E-state index in [4.69, 9.17) is 26.2 Å². The van der Waals surface area contributed by atoms with Gasteiger partial charge in [0.2, 0.25) is 0 Å². The molecule has 1 atom stereocenters. The quantitative estimate of drug-likeness (QED) is 0.315. The molecule has 1 N–H and O–H groups in total. The average molecular weight is 551 g/mol. The van der Waals surface area contributed by atoms with Crippen molar-refractivity contribution in [1.82, 2.24) is 9.13 Å². The smallest absolute Gasteiger partial charge is 0.258 e. The molecule has 1 aliphatic heterocycles. The fourth-order valence-corrected chi connectivity index (χ4v) is 5.51. The van der Waals surface area contributed by atoms with Crippen LogP contribution in [0.15, 0.2) is 53.5 Å². The zero-order valence-electron chi connectivity index (χ0n) is 23.2. The van der Waals surface area contributed by atoms with E-state index >= 15 is 0 Å². The summed E-state index contributed by atoms with van der Waals surface area (Å²) in [5.74, 6) is 0.665. The van der Waals surface area contributed by atoms with Crippen molar-refractivity contribution in [2.45, 2.75) is 45.3 Å². The molecule has 0 saturated heterocycles. The molecular weight excluding hydrogens is 516 g/mol. The number of aryl methyl sites for hydroxylation is 2. The van der Waals surface area contributed by atoms with Crippen molar-refractivity contribution in [3.63, 3.8) is 0 Å². The fraction of sp³-hybridized carbons (Fsp3) is 0.355. The predicted molar refractivity (Wildman–Crippen MR) is 156 cm³/mol. The highest BCUT2D eigenvalue weighted by molar-refractivity contribution is 6.35. The summed E-state index contributed by atoms with van der Waals surface area (Å²) in [6, 6.07) is 13.8. The summed E-state index contributed by atoms with van der Waals surface area (Å²) in [5, 5.41) is 8.72. The van der Waals surface area contributed by atoms with Gasteiger partial charge in [0, 0.05) is 49.6 Å². The zero-order chi connectivity index (χ0) is 28.5. The molecule has 5 rings (SSSR count). The van der Waals surface area contributed by atoms with Gasteiger partial charge in [0.15, 0.2) is 12.4 Å². The molecule has 2 aromatic carbocycles. The van der Waals surface area contributed by atoms with Crippen LogP contribution in [0, 0.1) is 0 Å². The van der Waals surface area contributed by atoms with Gasteiger partial charge in [-0.15, -0.1) is 0 Å². The molecule has 4 aromatic rings. The Hall–Kier alpha value is -3.39. The topological polar surface area (TPSA) is 82.7 Å². The van der Waals surface area contributed by atoms with Crippen molar-refractivity contribution < 1.29 is 19.4 Å². The molecule has 3 heterocycles. The molecule has 0 bridgehead atoms. The van der Waals surface area contributed by atoms with Crippen LogP contribution in [-0.4, -0.2) is 39.8 Å². The van der Waals surface area contributed by atoms with Gasteiger partial charge in [0.1, 0.15) is 5.75 Å². The monoisotopic (exact) mass is 550 g/mol. The first-order chi connectivity index (χ1) is 18.6. The van der Waals surface area contributed by atoms with Crippen molar-refractivity contribution in [3.05, 3.63) is 75.3 Å². The van der Waals surface area contributed by atoms with E-state index < -0.39 is 11.7 Å². The maximum absolute atomic E-state index is 13.8. The number of rotatable bonds is 5. The van der Waals surface area contributed by atoms with E-state index in [2.05, 4.69) is 0 Å². The third kappa shape index (κ3) is 5.39. The van der Waals surface area contributed by atoms with Gasteiger partial charge in [-0.2, -0.15) is 0 Å². The number of hydrogen-bond donors (Lipinski definition) is 1. The molecule has 0 spiro atoms. The number of pyridine rings is 1. The summed E-state index contributed by atoms with van der Waals surface area (Å²) in [5.41, 5.74) is 4.01. The lowest BCUT2D eigenvalue weighted by Crippen LogP contribution is -2.30. The number of aliphatic hydroxyl groups is 1. The molecule has 0 amide bonds. The van der Waals surface area contributed by atoms with Gasteiger partial charge in [0.05, 0.1) is 22.9 Å². The van der Waals surface area contributed by atoms with Crippen molar-refractivity contribution >= 4 is 28.7 Å². The summed E-state index contributed by atoms with van der Waals surface area (Å²) in [6.45, 7) is 6.25. The van der Waals surface area contributed by atoms with Crippen LogP contribution < -0.4 is 10.3 Å². The average Bonchev–Trinajstić information content (AvgIpc) is 3.36. The minimum Gasteiger partial charge on any atom is -0.492 e. The number of aldehydes is 1. The lowest BCUT2D eigenvalue weighted by molar-refractivity contribution is -0.129. The van der Waals surface area contributed by atoms with E-state index in [1.165, 1.54) is 4.57 Å². The number of ether oxygens (including phenoxy) is 2. The molecule has 8 heteroatoms. The van der Waals surface area contributed by atoms with Crippen molar-refractivity contribution in [2.24, 2.45) is 14.1 Å². The van der Waals surface area contributed by atoms with E-state index in [0.29, 0.717) is 45.0 Å². The molecular formula is C31H35ClN2O5. The van der Waals surface area contributed by atoms with E-state index in [-0.39, 0.29) is 5.56 Å². The predicted octanol–water partition coefficient (Wildman–Crippen LogP) is 5.85. The fourth-order valence-electron chi connectivity index (χ4n) is 5.18. The molecule has 7 nitrogen and oxygen atoms in total. The largest absolute Gasteiger partial charge is 0.492 e. The Balaban J connectivity index is 0.00000172. The van der Waals surface area contributed by atoms with Crippen LogP contribution >= 0.6 is 11.6 Å². The maximum Gasteiger partial charge on any atom is 0.258 e. The number of benzene rings is 2. The Morgan fingerprint density at radius 3 is 2.49 bits per heavy atom. The third-order valence-electron chi connectivity index (χ3n) is 6.84. The summed E-state index contributed by atoms with van der Waals surface area (Å²) in [7, 11) is 4.65. The third-order valence-corrected chi connectivity index (χ3v) is 7.21. The summed E-state index contributed by atoms with van der Waals surface area (Å²) in [6.07, 6.45) is 3.57. The summed E-state index contributed by atoms with van der Waals surface area (Å²) >= 11 is 7.00. The molecule has 1 aliphatic rings. The Morgan fingerprint density at radius 1 is 1.10 bits per heavy atom. The SMILES string of the molecule is CO.Cn1cccc1-c1ccc2c(-c3ccc4c(c3Cl)OCCC4)c([C@H](C=O)OC(C)(C)C)n(C)c(=O)c2c1. The van der Waals surface area contributed by atoms with Crippen LogP contribution in [0.5, 0.6) is 5.75 Å². The van der Waals surface area contributed by atoms with Crippen LogP contribution in [0.25, 0.3) is 33.2 Å². The van der Waals surface area contributed by atoms with Crippen molar-refractivity contribution in [2.75, 3.05) is 13.7 Å². The van der Waals surface area contributed by atoms with Crippen LogP contribution in [0.1, 0.15) is 44.6 Å². The zero-order valence-corrected chi connectivity index (χ0v) is 24.0.